The molecule has 0 heterocycles. The predicted molar refractivity (Wildman–Crippen MR) is 78.4 cm³/mol. The van der Waals surface area contributed by atoms with Crippen molar-refractivity contribution in [1.82, 2.24) is 4.90 Å². The zero-order valence-corrected chi connectivity index (χ0v) is 13.2. The standard InChI is InChI=1S/C15H25NO4/c1-8-12(13(17)19-7)16(10-9-11(2)3)14(18)20-15(4,5)6/h8-9,12H,1,10H2,2-7H3/t12-/m0/s1. The quantitative estimate of drug-likeness (QED) is 0.575. The minimum atomic E-state index is -0.870. The first-order valence-corrected chi connectivity index (χ1v) is 6.45. The van der Waals surface area contributed by atoms with Crippen molar-refractivity contribution in [2.45, 2.75) is 46.3 Å². The van der Waals surface area contributed by atoms with Crippen LogP contribution >= 0.6 is 0 Å². The number of esters is 1. The van der Waals surface area contributed by atoms with Crippen LogP contribution in [0.4, 0.5) is 4.79 Å². The molecule has 0 aliphatic heterocycles. The molecule has 1 atom stereocenters. The summed E-state index contributed by atoms with van der Waals surface area (Å²) in [4.78, 5) is 25.2. The highest BCUT2D eigenvalue weighted by Crippen LogP contribution is 2.14. The van der Waals surface area contributed by atoms with Crippen molar-refractivity contribution in [3.8, 4) is 0 Å². The van der Waals surface area contributed by atoms with Gasteiger partial charge in [0, 0.05) is 6.54 Å². The molecule has 0 aliphatic rings. The van der Waals surface area contributed by atoms with E-state index in [0.29, 0.717) is 0 Å². The average Bonchev–Trinajstić information content (AvgIpc) is 2.30. The number of ether oxygens (including phenoxy) is 2. The number of hydrogen-bond acceptors (Lipinski definition) is 4. The number of nitrogens with zero attached hydrogens (tertiary/aromatic N) is 1. The third-order valence-electron chi connectivity index (χ3n) is 2.33. The van der Waals surface area contributed by atoms with Crippen molar-refractivity contribution in [1.29, 1.82) is 0 Å². The van der Waals surface area contributed by atoms with Gasteiger partial charge in [-0.2, -0.15) is 0 Å². The molecular weight excluding hydrogens is 258 g/mol. The fraction of sp³-hybridized carbons (Fsp3) is 0.600. The van der Waals surface area contributed by atoms with Gasteiger partial charge in [-0.1, -0.05) is 17.7 Å². The summed E-state index contributed by atoms with van der Waals surface area (Å²) >= 11 is 0. The van der Waals surface area contributed by atoms with Gasteiger partial charge in [0.05, 0.1) is 7.11 Å². The molecule has 5 nitrogen and oxygen atoms in total. The number of methoxy groups -OCH3 is 1. The lowest BCUT2D eigenvalue weighted by atomic mass is 10.2. The zero-order chi connectivity index (χ0) is 15.9. The van der Waals surface area contributed by atoms with E-state index in [-0.39, 0.29) is 6.54 Å². The molecule has 0 fully saturated rings. The number of allylic oxidation sites excluding steroid dienone is 1. The molecule has 0 unspecified atom stereocenters. The SMILES string of the molecule is C=C[C@@H](C(=O)OC)N(CC=C(C)C)C(=O)OC(C)(C)C. The Hall–Kier alpha value is -1.78. The van der Waals surface area contributed by atoms with Gasteiger partial charge in [0.25, 0.3) is 0 Å². The molecule has 0 aromatic rings. The van der Waals surface area contributed by atoms with Crippen LogP contribution in [0, 0.1) is 0 Å². The molecule has 0 radical (unpaired) electrons. The smallest absolute Gasteiger partial charge is 0.411 e. The first-order valence-electron chi connectivity index (χ1n) is 6.45. The highest BCUT2D eigenvalue weighted by molar-refractivity contribution is 5.83. The maximum atomic E-state index is 12.2. The van der Waals surface area contributed by atoms with Crippen LogP contribution < -0.4 is 0 Å². The number of rotatable bonds is 5. The maximum absolute atomic E-state index is 12.2. The number of hydrogen-bond donors (Lipinski definition) is 0. The summed E-state index contributed by atoms with van der Waals surface area (Å²) in [6, 6.07) is -0.870. The minimum Gasteiger partial charge on any atom is -0.467 e. The largest absolute Gasteiger partial charge is 0.467 e. The Morgan fingerprint density at radius 3 is 2.20 bits per heavy atom. The Morgan fingerprint density at radius 2 is 1.85 bits per heavy atom. The Balaban J connectivity index is 5.24. The minimum absolute atomic E-state index is 0.253. The lowest BCUT2D eigenvalue weighted by molar-refractivity contribution is -0.144. The van der Waals surface area contributed by atoms with Crippen molar-refractivity contribution >= 4 is 12.1 Å². The summed E-state index contributed by atoms with van der Waals surface area (Å²) in [5, 5.41) is 0. The van der Waals surface area contributed by atoms with Crippen molar-refractivity contribution in [3.05, 3.63) is 24.3 Å². The van der Waals surface area contributed by atoms with Gasteiger partial charge in [-0.05, 0) is 34.6 Å². The second-order valence-corrected chi connectivity index (χ2v) is 5.62. The lowest BCUT2D eigenvalue weighted by Gasteiger charge is -2.30. The second-order valence-electron chi connectivity index (χ2n) is 5.62. The van der Waals surface area contributed by atoms with E-state index in [4.69, 9.17) is 9.47 Å². The van der Waals surface area contributed by atoms with Gasteiger partial charge in [0.1, 0.15) is 5.60 Å². The second kappa shape index (κ2) is 7.72. The van der Waals surface area contributed by atoms with Crippen LogP contribution in [0.3, 0.4) is 0 Å². The molecule has 114 valence electrons. The molecule has 0 N–H and O–H groups in total. The van der Waals surface area contributed by atoms with Gasteiger partial charge < -0.3 is 9.47 Å². The summed E-state index contributed by atoms with van der Waals surface area (Å²) in [6.07, 6.45) is 2.63. The van der Waals surface area contributed by atoms with Crippen molar-refractivity contribution in [2.75, 3.05) is 13.7 Å². The van der Waals surface area contributed by atoms with E-state index in [1.807, 2.05) is 19.9 Å². The van der Waals surface area contributed by atoms with Gasteiger partial charge in [-0.25, -0.2) is 9.59 Å². The van der Waals surface area contributed by atoms with Gasteiger partial charge in [0.2, 0.25) is 0 Å². The first-order chi connectivity index (χ1) is 9.12. The molecule has 5 heteroatoms. The molecule has 0 rings (SSSR count). The molecular formula is C15H25NO4. The van der Waals surface area contributed by atoms with Crippen LogP contribution in [0.25, 0.3) is 0 Å². The molecule has 0 aliphatic carbocycles. The van der Waals surface area contributed by atoms with E-state index in [9.17, 15) is 9.59 Å². The van der Waals surface area contributed by atoms with Crippen LogP contribution in [-0.2, 0) is 14.3 Å². The third kappa shape index (κ3) is 6.41. The van der Waals surface area contributed by atoms with Gasteiger partial charge in [-0.15, -0.1) is 6.58 Å². The van der Waals surface area contributed by atoms with E-state index in [2.05, 4.69) is 6.58 Å². The summed E-state index contributed by atoms with van der Waals surface area (Å²) in [6.45, 7) is 13.0. The normalized spacial score (nSPS) is 12.1. The summed E-state index contributed by atoms with van der Waals surface area (Å²) in [5.41, 5.74) is 0.397. The molecule has 0 aromatic carbocycles. The summed E-state index contributed by atoms with van der Waals surface area (Å²) in [5.74, 6) is -0.548. The fourth-order valence-electron chi connectivity index (χ4n) is 1.37. The van der Waals surface area contributed by atoms with Crippen LogP contribution in [0.1, 0.15) is 34.6 Å². The first kappa shape index (κ1) is 18.2. The number of carbonyl (C=O) groups is 2. The third-order valence-corrected chi connectivity index (χ3v) is 2.33. The maximum Gasteiger partial charge on any atom is 0.411 e. The zero-order valence-electron chi connectivity index (χ0n) is 13.2. The molecule has 20 heavy (non-hydrogen) atoms. The Morgan fingerprint density at radius 1 is 1.30 bits per heavy atom. The van der Waals surface area contributed by atoms with Gasteiger partial charge in [0.15, 0.2) is 6.04 Å². The lowest BCUT2D eigenvalue weighted by Crippen LogP contribution is -2.46. The van der Waals surface area contributed by atoms with Crippen molar-refractivity contribution < 1.29 is 19.1 Å². The highest BCUT2D eigenvalue weighted by atomic mass is 16.6. The van der Waals surface area contributed by atoms with E-state index in [0.717, 1.165) is 5.57 Å². The Kier molecular flexibility index (Phi) is 7.04. The molecule has 0 aromatic heterocycles. The van der Waals surface area contributed by atoms with E-state index in [1.165, 1.54) is 18.1 Å². The Bertz CT molecular complexity index is 389. The fourth-order valence-corrected chi connectivity index (χ4v) is 1.37. The molecule has 0 saturated carbocycles. The summed E-state index contributed by atoms with van der Waals surface area (Å²) < 4.78 is 10.0. The monoisotopic (exact) mass is 283 g/mol. The van der Waals surface area contributed by atoms with E-state index >= 15 is 0 Å². The van der Waals surface area contributed by atoms with Gasteiger partial charge in [-0.3, -0.25) is 4.90 Å². The molecule has 1 amide bonds. The van der Waals surface area contributed by atoms with Crippen molar-refractivity contribution in [3.63, 3.8) is 0 Å². The van der Waals surface area contributed by atoms with E-state index in [1.54, 1.807) is 20.8 Å². The Labute approximate surface area is 121 Å². The molecule has 0 spiro atoms. The van der Waals surface area contributed by atoms with Gasteiger partial charge >= 0.3 is 12.1 Å². The van der Waals surface area contributed by atoms with Crippen LogP contribution in [0.2, 0.25) is 0 Å². The highest BCUT2D eigenvalue weighted by Gasteiger charge is 2.30. The molecule has 0 bridgehead atoms. The predicted octanol–water partition coefficient (Wildman–Crippen LogP) is 2.92. The topological polar surface area (TPSA) is 55.8 Å². The van der Waals surface area contributed by atoms with Crippen LogP contribution in [-0.4, -0.2) is 42.3 Å². The van der Waals surface area contributed by atoms with Crippen LogP contribution in [0.15, 0.2) is 24.3 Å². The van der Waals surface area contributed by atoms with E-state index < -0.39 is 23.7 Å². The molecule has 0 saturated heterocycles. The number of amides is 1. The van der Waals surface area contributed by atoms with Crippen LogP contribution in [0.5, 0.6) is 0 Å². The number of carbonyl (C=O) groups excluding carboxylic acids is 2. The summed E-state index contributed by atoms with van der Waals surface area (Å²) in [7, 11) is 1.27. The van der Waals surface area contributed by atoms with Crippen molar-refractivity contribution in [2.24, 2.45) is 0 Å². The average molecular weight is 283 g/mol.